The third-order valence-corrected chi connectivity index (χ3v) is 2.99. The second-order valence-corrected chi connectivity index (χ2v) is 4.45. The molecule has 2 rings (SSSR count). The Balaban J connectivity index is 0. The molecule has 119 valence electrons. The van der Waals surface area contributed by atoms with Gasteiger partial charge in [-0.1, -0.05) is 6.07 Å². The summed E-state index contributed by atoms with van der Waals surface area (Å²) in [5, 5.41) is 3.37. The van der Waals surface area contributed by atoms with Gasteiger partial charge < -0.3 is 39.3 Å². The third kappa shape index (κ3) is 7.65. The van der Waals surface area contributed by atoms with Gasteiger partial charge in [-0.2, -0.15) is 0 Å². The van der Waals surface area contributed by atoms with E-state index in [1.807, 2.05) is 32.0 Å². The Morgan fingerprint density at radius 3 is 2.10 bits per heavy atom. The van der Waals surface area contributed by atoms with Crippen LogP contribution in [0.4, 0.5) is 0 Å². The van der Waals surface area contributed by atoms with E-state index >= 15 is 0 Å². The number of aromatic nitrogens is 1. The molecule has 2 bridgehead atoms. The molecule has 0 atom stereocenters. The summed E-state index contributed by atoms with van der Waals surface area (Å²) in [6.45, 7) is 7.60. The fraction of sp³-hybridized carbons (Fsp3) is 0.500. The zero-order valence-corrected chi connectivity index (χ0v) is 16.4. The van der Waals surface area contributed by atoms with Crippen LogP contribution in [0.25, 0.3) is 0 Å². The third-order valence-electron chi connectivity index (χ3n) is 2.99. The van der Waals surface area contributed by atoms with Crippen molar-refractivity contribution in [2.24, 2.45) is 9.98 Å². The Morgan fingerprint density at radius 1 is 0.905 bits per heavy atom. The quantitative estimate of drug-likeness (QED) is 0.424. The van der Waals surface area contributed by atoms with Gasteiger partial charge in [0.2, 0.25) is 0 Å². The maximum atomic E-state index is 4.62. The summed E-state index contributed by atoms with van der Waals surface area (Å²) >= 11 is 0. The van der Waals surface area contributed by atoms with Crippen LogP contribution in [-0.2, 0) is 16.8 Å². The van der Waals surface area contributed by atoms with Crippen molar-refractivity contribution < 1.29 is 50.7 Å². The van der Waals surface area contributed by atoms with Gasteiger partial charge in [0.15, 0.2) is 0 Å². The molecule has 21 heavy (non-hydrogen) atoms. The maximum absolute atomic E-state index is 4.62. The smallest absolute Gasteiger partial charge is 1.00 e. The first-order valence-electron chi connectivity index (χ1n) is 6.48. The van der Waals surface area contributed by atoms with Crippen LogP contribution in [0, 0.1) is 0 Å². The Bertz CT molecular complexity index is 439. The Hall–Kier alpha value is -0.0835. The number of aliphatic imine (C=N–C) groups is 2. The van der Waals surface area contributed by atoms with Crippen LogP contribution < -0.4 is 39.3 Å². The van der Waals surface area contributed by atoms with Gasteiger partial charge in [0.05, 0.1) is 29.4 Å². The Morgan fingerprint density at radius 2 is 1.48 bits per heavy atom. The number of nitrogens with zero attached hydrogens (tertiary/aromatic N) is 3. The van der Waals surface area contributed by atoms with Crippen molar-refractivity contribution >= 4 is 11.4 Å². The van der Waals surface area contributed by atoms with Crippen molar-refractivity contribution in [2.45, 2.75) is 20.3 Å². The van der Waals surface area contributed by atoms with Crippen molar-refractivity contribution in [3.63, 3.8) is 0 Å². The van der Waals surface area contributed by atoms with E-state index in [0.29, 0.717) is 0 Å². The maximum Gasteiger partial charge on any atom is 2.00 e. The monoisotopic (exact) mass is 461 g/mol. The molecule has 1 radical (unpaired) electrons. The minimum absolute atomic E-state index is 0. The van der Waals surface area contributed by atoms with Crippen LogP contribution in [0.5, 0.6) is 0 Å². The predicted octanol–water partition coefficient (Wildman–Crippen LogP) is -4.30. The van der Waals surface area contributed by atoms with Gasteiger partial charge in [0.1, 0.15) is 0 Å². The minimum Gasteiger partial charge on any atom is -1.00 e. The Labute approximate surface area is 158 Å². The van der Waals surface area contributed by atoms with Gasteiger partial charge in [-0.25, -0.2) is 4.98 Å². The molecule has 1 N–H and O–H groups in total. The molecule has 0 aromatic carbocycles. The first-order chi connectivity index (χ1) is 8.77. The second-order valence-electron chi connectivity index (χ2n) is 4.45. The number of fused-ring (bicyclic) bond motifs is 2. The number of rotatable bonds is 0. The molecule has 2 heterocycles. The average molecular weight is 463 g/mol. The van der Waals surface area contributed by atoms with Gasteiger partial charge >= 0.3 is 16.8 Å². The topological polar surface area (TPSA) is 49.6 Å². The molecule has 0 fully saturated rings. The van der Waals surface area contributed by atoms with Crippen LogP contribution in [0.15, 0.2) is 28.2 Å². The molecule has 0 saturated carbocycles. The van der Waals surface area contributed by atoms with E-state index < -0.39 is 0 Å². The second kappa shape index (κ2) is 12.5. The normalized spacial score (nSPS) is 20.3. The predicted molar refractivity (Wildman–Crippen MR) is 75.9 cm³/mol. The van der Waals surface area contributed by atoms with Crippen molar-refractivity contribution in [1.29, 1.82) is 0 Å². The first kappa shape index (κ1) is 23.2. The number of halogens is 2. The molecule has 1 aromatic heterocycles. The van der Waals surface area contributed by atoms with E-state index in [4.69, 9.17) is 0 Å². The molecule has 4 nitrogen and oxygen atoms in total. The van der Waals surface area contributed by atoms with E-state index in [-0.39, 0.29) is 50.7 Å². The van der Waals surface area contributed by atoms with E-state index in [0.717, 1.165) is 55.4 Å². The molecule has 1 aromatic rings. The summed E-state index contributed by atoms with van der Waals surface area (Å²) in [6, 6.07) is 6.03. The summed E-state index contributed by atoms with van der Waals surface area (Å²) < 4.78 is 0. The molecule has 0 unspecified atom stereocenters. The molecular weight excluding hydrogens is 443 g/mol. The van der Waals surface area contributed by atoms with Gasteiger partial charge in [-0.15, -0.1) is 0 Å². The zero-order chi connectivity index (χ0) is 12.8. The van der Waals surface area contributed by atoms with Gasteiger partial charge in [0.25, 0.3) is 0 Å². The van der Waals surface area contributed by atoms with E-state index in [1.54, 1.807) is 0 Å². The fourth-order valence-corrected chi connectivity index (χ4v) is 1.88. The van der Waals surface area contributed by atoms with Crippen LogP contribution in [-0.4, -0.2) is 42.6 Å². The number of pyridine rings is 1. The van der Waals surface area contributed by atoms with Crippen molar-refractivity contribution in [3.8, 4) is 0 Å². The Kier molecular flexibility index (Phi) is 13.8. The molecule has 0 saturated heterocycles. The van der Waals surface area contributed by atoms with Crippen LogP contribution in [0.2, 0.25) is 0 Å². The summed E-state index contributed by atoms with van der Waals surface area (Å²) in [4.78, 5) is 13.7. The van der Waals surface area contributed by atoms with E-state index in [2.05, 4.69) is 20.3 Å². The van der Waals surface area contributed by atoms with Crippen LogP contribution in [0.1, 0.15) is 31.7 Å². The summed E-state index contributed by atoms with van der Waals surface area (Å²) in [6.07, 6.45) is 1.06. The number of nitrogens with one attached hydrogen (secondary N) is 1. The summed E-state index contributed by atoms with van der Waals surface area (Å²) in [7, 11) is 0. The zero-order valence-electron chi connectivity index (χ0n) is 12.2. The number of hydrogen-bond donors (Lipinski definition) is 1. The number of hydrogen-bond acceptors (Lipinski definition) is 4. The minimum atomic E-state index is 0. The van der Waals surface area contributed by atoms with Gasteiger partial charge in [0, 0.05) is 13.1 Å². The van der Waals surface area contributed by atoms with Crippen LogP contribution in [0.3, 0.4) is 0 Å². The van der Waals surface area contributed by atoms with Crippen molar-refractivity contribution in [1.82, 2.24) is 10.3 Å². The molecular formula is C14H20Br2CoN4. The van der Waals surface area contributed by atoms with Crippen LogP contribution >= 0.6 is 0 Å². The summed E-state index contributed by atoms with van der Waals surface area (Å²) in [5.74, 6) is 0. The van der Waals surface area contributed by atoms with Crippen molar-refractivity contribution in [3.05, 3.63) is 29.6 Å². The molecule has 0 aliphatic carbocycles. The van der Waals surface area contributed by atoms with Gasteiger partial charge in [-0.3, -0.25) is 9.98 Å². The van der Waals surface area contributed by atoms with Crippen molar-refractivity contribution in [2.75, 3.05) is 26.2 Å². The largest absolute Gasteiger partial charge is 2.00 e. The molecule has 0 spiro atoms. The fourth-order valence-electron chi connectivity index (χ4n) is 1.88. The summed E-state index contributed by atoms with van der Waals surface area (Å²) in [5.41, 5.74) is 3.89. The molecule has 0 amide bonds. The van der Waals surface area contributed by atoms with E-state index in [9.17, 15) is 0 Å². The average Bonchev–Trinajstić information content (AvgIpc) is 2.41. The van der Waals surface area contributed by atoms with E-state index in [1.165, 1.54) is 0 Å². The molecule has 1 aliphatic heterocycles. The SMILES string of the molecule is C/C1=N/CCNCCC/N=C(\C)c2cccc1n2.[Br-].[Br-].[Co+2]. The molecule has 7 heteroatoms. The first-order valence-corrected chi connectivity index (χ1v) is 6.48. The van der Waals surface area contributed by atoms with Gasteiger partial charge in [-0.05, 0) is 38.9 Å². The standard InChI is InChI=1S/C14H20N4.2BrH.Co/c1-11-13-5-3-6-14(18-13)12(2)17-10-9-15-7-4-8-16-11;;;/h3,5-6,15H,4,7-10H2,1-2H3;2*1H;/q;;;+2/p-2/b16-11+,17-12-;;;. The molecule has 1 aliphatic rings.